The summed E-state index contributed by atoms with van der Waals surface area (Å²) in [5.74, 6) is 1.57. The van der Waals surface area contributed by atoms with Crippen molar-refractivity contribution in [1.29, 1.82) is 0 Å². The van der Waals surface area contributed by atoms with Crippen LogP contribution in [-0.4, -0.2) is 18.1 Å². The number of benzene rings is 1. The lowest BCUT2D eigenvalue weighted by atomic mass is 9.79. The molecule has 0 radical (unpaired) electrons. The number of hydrogen-bond donors (Lipinski definition) is 0. The van der Waals surface area contributed by atoms with Gasteiger partial charge in [-0.2, -0.15) is 13.2 Å². The number of rotatable bonds is 4. The average molecular weight is 351 g/mol. The van der Waals surface area contributed by atoms with Gasteiger partial charge in [0.05, 0.1) is 0 Å². The molecule has 0 atom stereocenters. The monoisotopic (exact) mass is 350 g/mol. The summed E-state index contributed by atoms with van der Waals surface area (Å²) in [6, 6.07) is 7.06. The van der Waals surface area contributed by atoms with Gasteiger partial charge in [0, 0.05) is 5.33 Å². The first kappa shape index (κ1) is 15.7. The summed E-state index contributed by atoms with van der Waals surface area (Å²) in [4.78, 5) is 0. The van der Waals surface area contributed by atoms with Gasteiger partial charge in [-0.05, 0) is 55.2 Å². The Balaban J connectivity index is 1.88. The topological polar surface area (TPSA) is 9.23 Å². The first-order valence-corrected chi connectivity index (χ1v) is 7.95. The molecule has 0 heterocycles. The van der Waals surface area contributed by atoms with Gasteiger partial charge in [-0.25, -0.2) is 0 Å². The zero-order chi connectivity index (χ0) is 14.6. The lowest BCUT2D eigenvalue weighted by Crippen LogP contribution is -2.19. The summed E-state index contributed by atoms with van der Waals surface area (Å²) in [5.41, 5.74) is 1.21. The van der Waals surface area contributed by atoms with Gasteiger partial charge in [-0.1, -0.05) is 28.1 Å². The van der Waals surface area contributed by atoms with Crippen molar-refractivity contribution in [2.45, 2.75) is 37.8 Å². The SMILES string of the molecule is FC(F)(F)COc1ccc(C2CCC(CBr)CC2)cc1. The van der Waals surface area contributed by atoms with Crippen LogP contribution in [0, 0.1) is 5.92 Å². The van der Waals surface area contributed by atoms with Crippen molar-refractivity contribution < 1.29 is 17.9 Å². The molecule has 0 N–H and O–H groups in total. The first-order valence-electron chi connectivity index (χ1n) is 6.83. The smallest absolute Gasteiger partial charge is 0.422 e. The standard InChI is InChI=1S/C15H18BrF3O/c16-9-11-1-3-12(4-2-11)13-5-7-14(8-6-13)20-10-15(17,18)19/h5-8,11-12H,1-4,9-10H2. The average Bonchev–Trinajstić information content (AvgIpc) is 2.45. The summed E-state index contributed by atoms with van der Waals surface area (Å²) < 4.78 is 40.9. The van der Waals surface area contributed by atoms with E-state index in [1.54, 1.807) is 12.1 Å². The van der Waals surface area contributed by atoms with Gasteiger partial charge in [-0.3, -0.25) is 0 Å². The highest BCUT2D eigenvalue weighted by atomic mass is 79.9. The normalized spacial score (nSPS) is 23.6. The number of alkyl halides is 4. The molecule has 1 nitrogen and oxygen atoms in total. The number of hydrogen-bond acceptors (Lipinski definition) is 1. The molecule has 1 aromatic rings. The third kappa shape index (κ3) is 4.69. The largest absolute Gasteiger partial charge is 0.484 e. The van der Waals surface area contributed by atoms with Gasteiger partial charge < -0.3 is 4.74 Å². The summed E-state index contributed by atoms with van der Waals surface area (Å²) in [5, 5.41) is 1.06. The molecule has 0 unspecified atom stereocenters. The minimum absolute atomic E-state index is 0.278. The van der Waals surface area contributed by atoms with Crippen LogP contribution in [0.1, 0.15) is 37.2 Å². The molecule has 1 aliphatic carbocycles. The van der Waals surface area contributed by atoms with E-state index in [2.05, 4.69) is 15.9 Å². The predicted molar refractivity (Wildman–Crippen MR) is 76.5 cm³/mol. The summed E-state index contributed by atoms with van der Waals surface area (Å²) in [6.07, 6.45) is 0.440. The quantitative estimate of drug-likeness (QED) is 0.669. The van der Waals surface area contributed by atoms with Crippen molar-refractivity contribution in [3.05, 3.63) is 29.8 Å². The molecule has 1 aromatic carbocycles. The van der Waals surface area contributed by atoms with Crippen LogP contribution in [0.15, 0.2) is 24.3 Å². The molecule has 0 bridgehead atoms. The van der Waals surface area contributed by atoms with Crippen molar-refractivity contribution in [2.75, 3.05) is 11.9 Å². The molecular formula is C15H18BrF3O. The van der Waals surface area contributed by atoms with E-state index in [1.165, 1.54) is 18.4 Å². The molecule has 5 heteroatoms. The highest BCUT2D eigenvalue weighted by Crippen LogP contribution is 2.36. The van der Waals surface area contributed by atoms with Crippen molar-refractivity contribution in [2.24, 2.45) is 5.92 Å². The van der Waals surface area contributed by atoms with Gasteiger partial charge >= 0.3 is 6.18 Å². The van der Waals surface area contributed by atoms with Crippen molar-refractivity contribution in [1.82, 2.24) is 0 Å². The fraction of sp³-hybridized carbons (Fsp3) is 0.600. The van der Waals surface area contributed by atoms with Gasteiger partial charge in [0.1, 0.15) is 5.75 Å². The molecule has 1 aliphatic rings. The lowest BCUT2D eigenvalue weighted by Gasteiger charge is -2.27. The Morgan fingerprint density at radius 2 is 1.65 bits per heavy atom. The molecule has 0 aromatic heterocycles. The Hall–Kier alpha value is -0.710. The highest BCUT2D eigenvalue weighted by molar-refractivity contribution is 9.09. The fourth-order valence-corrected chi connectivity index (χ4v) is 3.30. The number of ether oxygens (including phenoxy) is 1. The molecule has 20 heavy (non-hydrogen) atoms. The first-order chi connectivity index (χ1) is 9.48. The van der Waals surface area contributed by atoms with E-state index in [1.807, 2.05) is 12.1 Å². The zero-order valence-corrected chi connectivity index (χ0v) is 12.7. The fourth-order valence-electron chi connectivity index (χ4n) is 2.65. The Labute approximate surface area is 125 Å². The van der Waals surface area contributed by atoms with Crippen LogP contribution >= 0.6 is 15.9 Å². The molecule has 0 aliphatic heterocycles. The maximum Gasteiger partial charge on any atom is 0.422 e. The maximum absolute atomic E-state index is 12.1. The number of halogens is 4. The van der Waals surface area contributed by atoms with Crippen LogP contribution in [0.25, 0.3) is 0 Å². The second-order valence-corrected chi connectivity index (χ2v) is 5.99. The van der Waals surface area contributed by atoms with Crippen molar-refractivity contribution >= 4 is 15.9 Å². The second-order valence-electron chi connectivity index (χ2n) is 5.34. The molecule has 0 saturated heterocycles. The summed E-state index contributed by atoms with van der Waals surface area (Å²) >= 11 is 3.52. The van der Waals surface area contributed by atoms with Crippen molar-refractivity contribution in [3.8, 4) is 5.75 Å². The molecule has 0 amide bonds. The van der Waals surface area contributed by atoms with Crippen LogP contribution in [0.4, 0.5) is 13.2 Å². The van der Waals surface area contributed by atoms with Crippen LogP contribution in [0.3, 0.4) is 0 Å². The van der Waals surface area contributed by atoms with Gasteiger partial charge in [0.25, 0.3) is 0 Å². The van der Waals surface area contributed by atoms with Gasteiger partial charge in [0.15, 0.2) is 6.61 Å². The minimum atomic E-state index is -4.28. The summed E-state index contributed by atoms with van der Waals surface area (Å²) in [7, 11) is 0. The van der Waals surface area contributed by atoms with E-state index >= 15 is 0 Å². The van der Waals surface area contributed by atoms with Crippen molar-refractivity contribution in [3.63, 3.8) is 0 Å². The third-order valence-electron chi connectivity index (χ3n) is 3.82. The molecular weight excluding hydrogens is 333 g/mol. The summed E-state index contributed by atoms with van der Waals surface area (Å²) in [6.45, 7) is -1.23. The lowest BCUT2D eigenvalue weighted by molar-refractivity contribution is -0.153. The third-order valence-corrected chi connectivity index (χ3v) is 4.73. The Morgan fingerprint density at radius 3 is 2.15 bits per heavy atom. The maximum atomic E-state index is 12.1. The Kier molecular flexibility index (Phi) is 5.35. The molecule has 2 rings (SSSR count). The van der Waals surface area contributed by atoms with E-state index in [0.717, 1.165) is 24.1 Å². The van der Waals surface area contributed by atoms with E-state index < -0.39 is 12.8 Å². The van der Waals surface area contributed by atoms with Crippen LogP contribution in [-0.2, 0) is 0 Å². The van der Waals surface area contributed by atoms with E-state index in [9.17, 15) is 13.2 Å². The minimum Gasteiger partial charge on any atom is -0.484 e. The van der Waals surface area contributed by atoms with Crippen LogP contribution in [0.5, 0.6) is 5.75 Å². The zero-order valence-electron chi connectivity index (χ0n) is 11.1. The van der Waals surface area contributed by atoms with Crippen LogP contribution < -0.4 is 4.74 Å². The van der Waals surface area contributed by atoms with Crippen LogP contribution in [0.2, 0.25) is 0 Å². The molecule has 1 saturated carbocycles. The van der Waals surface area contributed by atoms with Gasteiger partial charge in [-0.15, -0.1) is 0 Å². The molecule has 112 valence electrons. The highest BCUT2D eigenvalue weighted by Gasteiger charge is 2.28. The van der Waals surface area contributed by atoms with E-state index in [0.29, 0.717) is 5.92 Å². The Morgan fingerprint density at radius 1 is 1.05 bits per heavy atom. The molecule has 0 spiro atoms. The van der Waals surface area contributed by atoms with E-state index in [-0.39, 0.29) is 5.75 Å². The predicted octanol–water partition coefficient (Wildman–Crippen LogP) is 5.30. The molecule has 1 fully saturated rings. The second kappa shape index (κ2) is 6.83. The Bertz CT molecular complexity index is 408. The van der Waals surface area contributed by atoms with E-state index in [4.69, 9.17) is 4.74 Å². The van der Waals surface area contributed by atoms with Gasteiger partial charge in [0.2, 0.25) is 0 Å².